The van der Waals surface area contributed by atoms with Crippen molar-refractivity contribution in [3.05, 3.63) is 90.7 Å². The number of carbonyl (C=O) groups excluding carboxylic acids is 2. The van der Waals surface area contributed by atoms with Gasteiger partial charge in [0.15, 0.2) is 17.1 Å². The van der Waals surface area contributed by atoms with Gasteiger partial charge in [0.25, 0.3) is 5.91 Å². The van der Waals surface area contributed by atoms with Gasteiger partial charge in [0.1, 0.15) is 5.82 Å². The summed E-state index contributed by atoms with van der Waals surface area (Å²) >= 11 is 1.14. The van der Waals surface area contributed by atoms with Gasteiger partial charge in [0, 0.05) is 24.0 Å². The number of halogens is 1. The van der Waals surface area contributed by atoms with E-state index >= 15 is 0 Å². The molecule has 4 rings (SSSR count). The second-order valence-electron chi connectivity index (χ2n) is 7.64. The molecule has 0 saturated heterocycles. The molecule has 3 aromatic carbocycles. The van der Waals surface area contributed by atoms with Crippen LogP contribution in [0.15, 0.2) is 90.1 Å². The van der Waals surface area contributed by atoms with Gasteiger partial charge in [-0.25, -0.2) is 4.39 Å². The molecule has 178 valence electrons. The standard InChI is InChI=1S/C26H23FN4O3S/c1-18(25(33)30(2)21-9-5-3-6-10-21)34-23(32)17-35-26-29-28-24(19-13-15-20(27)16-14-19)31(26)22-11-7-4-8-12-22/h3-16,18H,17H2,1-2H3. The minimum absolute atomic E-state index is 0.0684. The first-order valence-corrected chi connectivity index (χ1v) is 11.8. The lowest BCUT2D eigenvalue weighted by molar-refractivity contribution is -0.151. The summed E-state index contributed by atoms with van der Waals surface area (Å²) in [6.07, 6.45) is -0.949. The van der Waals surface area contributed by atoms with E-state index in [0.717, 1.165) is 17.4 Å². The van der Waals surface area contributed by atoms with Crippen molar-refractivity contribution in [3.63, 3.8) is 0 Å². The largest absolute Gasteiger partial charge is 0.452 e. The summed E-state index contributed by atoms with van der Waals surface area (Å²) in [5.41, 5.74) is 2.18. The molecular weight excluding hydrogens is 467 g/mol. The first kappa shape index (κ1) is 24.2. The maximum atomic E-state index is 13.4. The van der Waals surface area contributed by atoms with Crippen LogP contribution in [0.25, 0.3) is 17.1 Å². The topological polar surface area (TPSA) is 77.3 Å². The molecule has 1 atom stereocenters. The van der Waals surface area contributed by atoms with E-state index in [4.69, 9.17) is 4.74 Å². The number of benzene rings is 3. The fraction of sp³-hybridized carbons (Fsp3) is 0.154. The van der Waals surface area contributed by atoms with Crippen molar-refractivity contribution in [2.24, 2.45) is 0 Å². The summed E-state index contributed by atoms with van der Waals surface area (Å²) in [5, 5.41) is 8.98. The minimum Gasteiger partial charge on any atom is -0.452 e. The highest BCUT2D eigenvalue weighted by atomic mass is 32.2. The van der Waals surface area contributed by atoms with E-state index in [1.165, 1.54) is 17.0 Å². The predicted molar refractivity (Wildman–Crippen MR) is 133 cm³/mol. The van der Waals surface area contributed by atoms with E-state index in [0.29, 0.717) is 22.2 Å². The number of hydrogen-bond donors (Lipinski definition) is 0. The van der Waals surface area contributed by atoms with Crippen LogP contribution in [0.2, 0.25) is 0 Å². The van der Waals surface area contributed by atoms with Gasteiger partial charge in [-0.3, -0.25) is 14.2 Å². The van der Waals surface area contributed by atoms with Crippen molar-refractivity contribution in [1.29, 1.82) is 0 Å². The van der Waals surface area contributed by atoms with Crippen LogP contribution in [0.3, 0.4) is 0 Å². The normalized spacial score (nSPS) is 11.6. The van der Waals surface area contributed by atoms with E-state index in [2.05, 4.69) is 10.2 Å². The van der Waals surface area contributed by atoms with Crippen LogP contribution in [-0.4, -0.2) is 45.5 Å². The highest BCUT2D eigenvalue weighted by Crippen LogP contribution is 2.28. The van der Waals surface area contributed by atoms with Gasteiger partial charge in [0.05, 0.1) is 5.75 Å². The number of carbonyl (C=O) groups is 2. The third-order valence-electron chi connectivity index (χ3n) is 5.20. The number of likely N-dealkylation sites (N-methyl/N-ethyl adjacent to an activating group) is 1. The molecule has 35 heavy (non-hydrogen) atoms. The Morgan fingerprint density at radius 3 is 2.26 bits per heavy atom. The van der Waals surface area contributed by atoms with Crippen molar-refractivity contribution in [2.45, 2.75) is 18.2 Å². The molecule has 1 aromatic heterocycles. The highest BCUT2D eigenvalue weighted by Gasteiger charge is 2.23. The minimum atomic E-state index is -0.949. The van der Waals surface area contributed by atoms with Gasteiger partial charge in [-0.05, 0) is 55.5 Å². The number of hydrogen-bond acceptors (Lipinski definition) is 6. The monoisotopic (exact) mass is 490 g/mol. The molecular formula is C26H23FN4O3S. The van der Waals surface area contributed by atoms with Gasteiger partial charge in [-0.15, -0.1) is 10.2 Å². The van der Waals surface area contributed by atoms with Crippen LogP contribution < -0.4 is 4.90 Å². The molecule has 0 spiro atoms. The molecule has 0 aliphatic heterocycles. The van der Waals surface area contributed by atoms with Gasteiger partial charge < -0.3 is 9.64 Å². The Bertz CT molecular complexity index is 1300. The number of para-hydroxylation sites is 2. The van der Waals surface area contributed by atoms with Crippen molar-refractivity contribution in [2.75, 3.05) is 17.7 Å². The second kappa shape index (κ2) is 11.0. The lowest BCUT2D eigenvalue weighted by Crippen LogP contribution is -2.37. The van der Waals surface area contributed by atoms with E-state index in [1.807, 2.05) is 48.5 Å². The molecule has 0 fully saturated rings. The zero-order valence-electron chi connectivity index (χ0n) is 19.2. The number of anilines is 1. The molecule has 0 radical (unpaired) electrons. The summed E-state index contributed by atoms with van der Waals surface area (Å²) in [6, 6.07) is 24.5. The van der Waals surface area contributed by atoms with Gasteiger partial charge in [-0.1, -0.05) is 48.2 Å². The lowest BCUT2D eigenvalue weighted by atomic mass is 10.2. The summed E-state index contributed by atoms with van der Waals surface area (Å²) < 4.78 is 20.6. The molecule has 9 heteroatoms. The fourth-order valence-electron chi connectivity index (χ4n) is 3.42. The second-order valence-corrected chi connectivity index (χ2v) is 8.58. The smallest absolute Gasteiger partial charge is 0.317 e. The van der Waals surface area contributed by atoms with Crippen LogP contribution in [-0.2, 0) is 14.3 Å². The Morgan fingerprint density at radius 2 is 1.60 bits per heavy atom. The van der Waals surface area contributed by atoms with Gasteiger partial charge >= 0.3 is 5.97 Å². The van der Waals surface area contributed by atoms with Crippen LogP contribution in [0, 0.1) is 5.82 Å². The Morgan fingerprint density at radius 1 is 0.971 bits per heavy atom. The molecule has 4 aromatic rings. The van der Waals surface area contributed by atoms with Crippen molar-refractivity contribution in [1.82, 2.24) is 14.8 Å². The number of aromatic nitrogens is 3. The number of rotatable bonds is 8. The van der Waals surface area contributed by atoms with Crippen molar-refractivity contribution >= 4 is 29.3 Å². The van der Waals surface area contributed by atoms with Crippen LogP contribution >= 0.6 is 11.8 Å². The Kier molecular flexibility index (Phi) is 7.57. The average molecular weight is 491 g/mol. The number of esters is 1. The maximum Gasteiger partial charge on any atom is 0.317 e. The van der Waals surface area contributed by atoms with E-state index in [1.54, 1.807) is 42.8 Å². The van der Waals surface area contributed by atoms with E-state index in [9.17, 15) is 14.0 Å². The van der Waals surface area contributed by atoms with Crippen molar-refractivity contribution < 1.29 is 18.7 Å². The first-order valence-electron chi connectivity index (χ1n) is 10.9. The summed E-state index contributed by atoms with van der Waals surface area (Å²) in [4.78, 5) is 26.7. The third kappa shape index (κ3) is 5.75. The van der Waals surface area contributed by atoms with E-state index < -0.39 is 12.1 Å². The quantitative estimate of drug-likeness (QED) is 0.262. The molecule has 1 amide bonds. The zero-order valence-corrected chi connectivity index (χ0v) is 20.0. The molecule has 7 nitrogen and oxygen atoms in total. The van der Waals surface area contributed by atoms with Crippen LogP contribution in [0.5, 0.6) is 0 Å². The average Bonchev–Trinajstić information content (AvgIpc) is 3.32. The first-order chi connectivity index (χ1) is 16.9. The predicted octanol–water partition coefficient (Wildman–Crippen LogP) is 4.76. The zero-order chi connectivity index (χ0) is 24.8. The fourth-order valence-corrected chi connectivity index (χ4v) is 4.15. The summed E-state index contributed by atoms with van der Waals surface area (Å²) in [7, 11) is 1.63. The van der Waals surface area contributed by atoms with E-state index in [-0.39, 0.29) is 17.5 Å². The molecule has 0 bridgehead atoms. The summed E-state index contributed by atoms with van der Waals surface area (Å²) in [6.45, 7) is 1.55. The van der Waals surface area contributed by atoms with Crippen LogP contribution in [0.4, 0.5) is 10.1 Å². The highest BCUT2D eigenvalue weighted by molar-refractivity contribution is 7.99. The van der Waals surface area contributed by atoms with Gasteiger partial charge in [-0.2, -0.15) is 0 Å². The molecule has 1 heterocycles. The molecule has 0 aliphatic carbocycles. The number of amides is 1. The summed E-state index contributed by atoms with van der Waals surface area (Å²) in [5.74, 6) is -0.788. The molecule has 1 unspecified atom stereocenters. The third-order valence-corrected chi connectivity index (χ3v) is 6.10. The SMILES string of the molecule is CC(OC(=O)CSc1nnc(-c2ccc(F)cc2)n1-c1ccccc1)C(=O)N(C)c1ccccc1. The van der Waals surface area contributed by atoms with Crippen molar-refractivity contribution in [3.8, 4) is 17.1 Å². The molecule has 0 saturated carbocycles. The lowest BCUT2D eigenvalue weighted by Gasteiger charge is -2.21. The number of thioether (sulfide) groups is 1. The maximum absolute atomic E-state index is 13.4. The Hall–Kier alpha value is -3.98. The van der Waals surface area contributed by atoms with Crippen LogP contribution in [0.1, 0.15) is 6.92 Å². The number of nitrogens with zero attached hydrogens (tertiary/aromatic N) is 4. The molecule has 0 N–H and O–H groups in total. The Labute approximate surface area is 206 Å². The molecule has 0 aliphatic rings. The number of ether oxygens (including phenoxy) is 1. The van der Waals surface area contributed by atoms with Gasteiger partial charge in [0.2, 0.25) is 0 Å². The Balaban J connectivity index is 1.47.